The molecule has 0 fully saturated rings. The first-order valence-electron chi connectivity index (χ1n) is 0.781. The second-order valence-corrected chi connectivity index (χ2v) is 0.394. The maximum atomic E-state index is 8.89. The zero-order chi connectivity index (χ0) is 3.58. The fraction of sp³-hybridized carbons (Fsp3) is 0. The van der Waals surface area contributed by atoms with Crippen molar-refractivity contribution in [3.8, 4) is 0 Å². The summed E-state index contributed by atoms with van der Waals surface area (Å²) in [5, 5.41) is 7.31. The minimum Gasteiger partial charge on any atom is 0.316 e. The van der Waals surface area contributed by atoms with E-state index in [1.807, 2.05) is 0 Å². The average molecular weight is 135 g/mol. The first-order chi connectivity index (χ1) is 1.73. The van der Waals surface area contributed by atoms with Crippen molar-refractivity contribution in [2.45, 2.75) is 0 Å². The maximum Gasteiger partial charge on any atom is 0.316 e. The molecular weight excluding hydrogens is 127 g/mol. The van der Waals surface area contributed by atoms with Crippen molar-refractivity contribution in [1.29, 1.82) is 0 Å². The maximum absolute atomic E-state index is 8.89. The van der Waals surface area contributed by atoms with Crippen LogP contribution in [0.25, 0.3) is 0 Å². The Kier molecular flexibility index (Phi) is 51.5. The van der Waals surface area contributed by atoms with E-state index in [0.29, 0.717) is 0 Å². The van der Waals surface area contributed by atoms with Crippen molar-refractivity contribution < 1.29 is 9.90 Å². The molecule has 0 spiro atoms. The molecule has 0 aromatic rings. The van der Waals surface area contributed by atoms with Gasteiger partial charge in [-0.1, -0.05) is 0 Å². The van der Waals surface area contributed by atoms with Crippen LogP contribution in [0.2, 0.25) is 0 Å². The largest absolute Gasteiger partial charge is 0.316 e. The zero-order valence-electron chi connectivity index (χ0n) is 2.06. The summed E-state index contributed by atoms with van der Waals surface area (Å²) < 4.78 is 0. The third kappa shape index (κ3) is 68.6. The van der Waals surface area contributed by atoms with Gasteiger partial charge in [0, 0.05) is 0 Å². The van der Waals surface area contributed by atoms with Crippen LogP contribution in [0.3, 0.4) is 0 Å². The Morgan fingerprint density at radius 1 is 1.57 bits per heavy atom. The van der Waals surface area contributed by atoms with Crippen molar-refractivity contribution in [2.24, 2.45) is 0 Å². The summed E-state index contributed by atoms with van der Waals surface area (Å²) in [4.78, 5) is 8.89. The molecule has 1 N–H and O–H groups in total. The molecule has 0 aromatic heterocycles. The summed E-state index contributed by atoms with van der Waals surface area (Å²) in [6, 6.07) is 0. The molecule has 0 aliphatic carbocycles. The van der Waals surface area contributed by atoms with Gasteiger partial charge in [0.15, 0.2) is 0 Å². The molecule has 0 saturated heterocycles. The summed E-state index contributed by atoms with van der Waals surface area (Å²) >= 11 is 0. The van der Waals surface area contributed by atoms with Gasteiger partial charge in [0.25, 0.3) is 0 Å². The Morgan fingerprint density at radius 2 is 1.57 bits per heavy atom. The van der Waals surface area contributed by atoms with Crippen LogP contribution >= 0.6 is 0 Å². The van der Waals surface area contributed by atoms with Crippen LogP contribution < -0.4 is 0 Å². The normalized spacial score (nSPS) is 3.57. The molecule has 0 aliphatic heterocycles. The van der Waals surface area contributed by atoms with E-state index in [0.717, 1.165) is 0 Å². The number of hydrogen-bond acceptors (Lipinski definition) is 1. The number of rotatable bonds is 0. The molecule has 1 radical (unpaired) electrons. The van der Waals surface area contributed by atoms with E-state index in [4.69, 9.17) is 9.90 Å². The molecule has 2 nitrogen and oxygen atoms in total. The van der Waals surface area contributed by atoms with E-state index in [1.165, 1.54) is 0 Å². The summed E-state index contributed by atoms with van der Waals surface area (Å²) in [7, 11) is 0. The molecule has 33 valence electrons. The zero-order valence-corrected chi connectivity index (χ0v) is 2.06. The van der Waals surface area contributed by atoms with Crippen molar-refractivity contribution >= 4 is 85.6 Å². The first-order valence-corrected chi connectivity index (χ1v) is 0.781. The Labute approximate surface area is 101 Å². The number of carboxylic acid groups (broad SMARTS) is 1. The Balaban J connectivity index is -0.0000000150. The molecular formula is C2H8CaLiMgO2. The fourth-order valence-electron chi connectivity index (χ4n) is 0. The van der Waals surface area contributed by atoms with Gasteiger partial charge in [-0.25, -0.2) is 0 Å². The SMILES string of the molecule is [CH2]C(=O)O.[CaH2].[LiH].[MgH2]. The van der Waals surface area contributed by atoms with Gasteiger partial charge in [-0.05, 0) is 0 Å². The second kappa shape index (κ2) is 15.7. The van der Waals surface area contributed by atoms with Crippen LogP contribution in [-0.2, 0) is 4.79 Å². The fourth-order valence-corrected chi connectivity index (χ4v) is 0. The average Bonchev–Trinajstić information content (AvgIpc) is 0.811. The summed E-state index contributed by atoms with van der Waals surface area (Å²) in [5.74, 6) is -1.08. The molecule has 0 aliphatic rings. The van der Waals surface area contributed by atoms with Gasteiger partial charge in [0.2, 0.25) is 0 Å². The molecule has 0 unspecified atom stereocenters. The first kappa shape index (κ1) is 23.0. The summed E-state index contributed by atoms with van der Waals surface area (Å²) in [6.45, 7) is 2.56. The van der Waals surface area contributed by atoms with Crippen LogP contribution in [0.1, 0.15) is 0 Å². The van der Waals surface area contributed by atoms with Crippen molar-refractivity contribution in [2.75, 3.05) is 0 Å². The van der Waals surface area contributed by atoms with Crippen molar-refractivity contribution in [1.82, 2.24) is 0 Å². The van der Waals surface area contributed by atoms with Crippen LogP contribution in [0.5, 0.6) is 0 Å². The number of carboxylic acids is 1. The Bertz CT molecular complexity index is 38.7. The number of hydrogen-bond donors (Lipinski definition) is 1. The van der Waals surface area contributed by atoms with Crippen LogP contribution in [0.4, 0.5) is 0 Å². The molecule has 7 heavy (non-hydrogen) atoms. The smallest absolute Gasteiger partial charge is 0.316 e. The minimum absolute atomic E-state index is 0. The molecule has 0 saturated carbocycles. The van der Waals surface area contributed by atoms with E-state index in [9.17, 15) is 0 Å². The molecule has 0 heterocycles. The van der Waals surface area contributed by atoms with Gasteiger partial charge in [0.05, 0.1) is 6.92 Å². The predicted octanol–water partition coefficient (Wildman–Crippen LogP) is -2.58. The van der Waals surface area contributed by atoms with Gasteiger partial charge in [-0.2, -0.15) is 0 Å². The van der Waals surface area contributed by atoms with Crippen molar-refractivity contribution in [3.63, 3.8) is 0 Å². The third-order valence-corrected chi connectivity index (χ3v) is 0. The topological polar surface area (TPSA) is 37.3 Å². The van der Waals surface area contributed by atoms with E-state index in [2.05, 4.69) is 6.92 Å². The predicted molar refractivity (Wildman–Crippen MR) is 37.2 cm³/mol. The van der Waals surface area contributed by atoms with E-state index in [-0.39, 0.29) is 79.7 Å². The standard InChI is InChI=1S/C2H3O2.Ca.Li.Mg.5H/c1-2(3)4;;;;;;;;/h1H2,(H,3,4);;;;;;;;. The van der Waals surface area contributed by atoms with Gasteiger partial charge < -0.3 is 5.11 Å². The van der Waals surface area contributed by atoms with Crippen LogP contribution in [-0.4, -0.2) is 90.7 Å². The molecule has 0 bridgehead atoms. The molecule has 0 amide bonds. The van der Waals surface area contributed by atoms with Gasteiger partial charge >= 0.3 is 85.6 Å². The summed E-state index contributed by atoms with van der Waals surface area (Å²) in [5.41, 5.74) is 0. The van der Waals surface area contributed by atoms with Crippen LogP contribution in [0, 0.1) is 6.92 Å². The number of aliphatic carboxylic acids is 1. The second-order valence-electron chi connectivity index (χ2n) is 0.394. The Morgan fingerprint density at radius 3 is 1.57 bits per heavy atom. The van der Waals surface area contributed by atoms with Crippen molar-refractivity contribution in [3.05, 3.63) is 6.92 Å². The quantitative estimate of drug-likeness (QED) is 0.371. The molecule has 0 rings (SSSR count). The third-order valence-electron chi connectivity index (χ3n) is 0. The minimum atomic E-state index is -1.08. The monoisotopic (exact) mass is 135 g/mol. The number of carbonyl (C=O) groups is 1. The molecule has 0 atom stereocenters. The van der Waals surface area contributed by atoms with Gasteiger partial charge in [0.1, 0.15) is 0 Å². The van der Waals surface area contributed by atoms with E-state index >= 15 is 0 Å². The van der Waals surface area contributed by atoms with E-state index in [1.54, 1.807) is 0 Å². The molecule has 0 aromatic carbocycles. The Hall–Kier alpha value is 2.09. The van der Waals surface area contributed by atoms with Gasteiger partial charge in [-0.15, -0.1) is 0 Å². The summed E-state index contributed by atoms with van der Waals surface area (Å²) in [6.07, 6.45) is 0. The van der Waals surface area contributed by atoms with Crippen LogP contribution in [0.15, 0.2) is 0 Å². The van der Waals surface area contributed by atoms with Gasteiger partial charge in [-0.3, -0.25) is 4.79 Å². The van der Waals surface area contributed by atoms with E-state index < -0.39 is 5.97 Å². The molecule has 5 heteroatoms.